The van der Waals surface area contributed by atoms with Crippen molar-refractivity contribution >= 4 is 45.9 Å². The van der Waals surface area contributed by atoms with Crippen LogP contribution in [0.15, 0.2) is 46.2 Å². The lowest BCUT2D eigenvalue weighted by Crippen LogP contribution is -2.42. The van der Waals surface area contributed by atoms with Crippen LogP contribution in [-0.2, 0) is 9.59 Å². The summed E-state index contributed by atoms with van der Waals surface area (Å²) in [6.07, 6.45) is 4.15. The van der Waals surface area contributed by atoms with E-state index in [9.17, 15) is 9.59 Å². The lowest BCUT2D eigenvalue weighted by atomic mass is 10.1. The highest BCUT2D eigenvalue weighted by atomic mass is 32.1. The van der Waals surface area contributed by atoms with Gasteiger partial charge < -0.3 is 15.1 Å². The second-order valence-corrected chi connectivity index (χ2v) is 11.1. The Morgan fingerprint density at radius 3 is 1.85 bits per heavy atom. The van der Waals surface area contributed by atoms with Crippen molar-refractivity contribution in [2.45, 2.75) is 59.4 Å². The Morgan fingerprint density at radius 1 is 0.853 bits per heavy atom. The van der Waals surface area contributed by atoms with Crippen molar-refractivity contribution < 1.29 is 9.59 Å². The SMILES string of the molecule is CCCCNC(CC)CN1C(=O)C2=C(c3cccs3)N(CC(C)CC)C(=O)C2=C1c1cccs1. The number of carbonyl (C=O) groups is 2. The highest BCUT2D eigenvalue weighted by molar-refractivity contribution is 7.11. The third-order valence-electron chi connectivity index (χ3n) is 6.74. The number of rotatable bonds is 12. The van der Waals surface area contributed by atoms with E-state index in [0.29, 0.717) is 30.2 Å². The third kappa shape index (κ3) is 4.66. The van der Waals surface area contributed by atoms with Crippen LogP contribution in [-0.4, -0.2) is 47.3 Å². The van der Waals surface area contributed by atoms with Crippen LogP contribution in [0.4, 0.5) is 0 Å². The molecule has 2 aliphatic heterocycles. The summed E-state index contributed by atoms with van der Waals surface area (Å²) in [5.74, 6) is 0.269. The molecule has 7 heteroatoms. The van der Waals surface area contributed by atoms with E-state index in [4.69, 9.17) is 0 Å². The van der Waals surface area contributed by atoms with Gasteiger partial charge in [0.1, 0.15) is 0 Å². The van der Waals surface area contributed by atoms with Gasteiger partial charge in [0.05, 0.1) is 32.3 Å². The Kier molecular flexibility index (Phi) is 8.06. The van der Waals surface area contributed by atoms with Gasteiger partial charge in [0.25, 0.3) is 11.8 Å². The van der Waals surface area contributed by atoms with Crippen molar-refractivity contribution in [1.29, 1.82) is 0 Å². The fraction of sp³-hybridized carbons (Fsp3) is 0.481. The fourth-order valence-electron chi connectivity index (χ4n) is 4.57. The molecule has 2 atom stereocenters. The summed E-state index contributed by atoms with van der Waals surface area (Å²) in [6, 6.07) is 8.21. The molecule has 0 bridgehead atoms. The van der Waals surface area contributed by atoms with Gasteiger partial charge in [0.2, 0.25) is 0 Å². The predicted octanol–water partition coefficient (Wildman–Crippen LogP) is 5.83. The van der Waals surface area contributed by atoms with E-state index in [-0.39, 0.29) is 17.9 Å². The van der Waals surface area contributed by atoms with Crippen molar-refractivity contribution in [2.24, 2.45) is 5.92 Å². The van der Waals surface area contributed by atoms with E-state index in [2.05, 4.69) is 33.0 Å². The minimum absolute atomic E-state index is 0.0371. The van der Waals surface area contributed by atoms with Crippen LogP contribution in [0, 0.1) is 5.92 Å². The summed E-state index contributed by atoms with van der Waals surface area (Å²) in [5, 5.41) is 7.65. The summed E-state index contributed by atoms with van der Waals surface area (Å²) in [6.45, 7) is 10.8. The molecule has 2 unspecified atom stereocenters. The molecule has 4 rings (SSSR count). The lowest BCUT2D eigenvalue weighted by molar-refractivity contribution is -0.124. The van der Waals surface area contributed by atoms with Gasteiger partial charge in [-0.05, 0) is 48.2 Å². The molecule has 0 saturated carbocycles. The first kappa shape index (κ1) is 24.9. The largest absolute Gasteiger partial charge is 0.312 e. The molecule has 0 radical (unpaired) electrons. The zero-order valence-corrected chi connectivity index (χ0v) is 22.2. The van der Waals surface area contributed by atoms with Crippen LogP contribution < -0.4 is 5.32 Å². The van der Waals surface area contributed by atoms with Gasteiger partial charge in [0.15, 0.2) is 0 Å². The first-order valence-corrected chi connectivity index (χ1v) is 14.2. The van der Waals surface area contributed by atoms with Crippen LogP contribution >= 0.6 is 22.7 Å². The van der Waals surface area contributed by atoms with Gasteiger partial charge >= 0.3 is 0 Å². The molecular weight excluding hydrogens is 462 g/mol. The number of hydrogen-bond acceptors (Lipinski definition) is 5. The average Bonchev–Trinajstić information content (AvgIpc) is 3.63. The standard InChI is InChI=1S/C27H35N3O2S2/c1-5-8-13-28-19(7-3)17-30-25(21-12-10-15-34-21)23-22(27(30)32)24(20-11-9-14-33-20)29(26(23)31)16-18(4)6-2/h9-12,14-15,18-19,28H,5-8,13,16-17H2,1-4H3. The van der Waals surface area contributed by atoms with E-state index in [0.717, 1.165) is 53.4 Å². The molecule has 34 heavy (non-hydrogen) atoms. The highest BCUT2D eigenvalue weighted by Gasteiger charge is 2.49. The van der Waals surface area contributed by atoms with Gasteiger partial charge in [-0.3, -0.25) is 9.59 Å². The first-order valence-electron chi connectivity index (χ1n) is 12.4. The molecule has 2 aromatic heterocycles. The minimum Gasteiger partial charge on any atom is -0.312 e. The summed E-state index contributed by atoms with van der Waals surface area (Å²) in [7, 11) is 0. The topological polar surface area (TPSA) is 52.7 Å². The van der Waals surface area contributed by atoms with Crippen LogP contribution in [0.2, 0.25) is 0 Å². The Morgan fingerprint density at radius 2 is 1.41 bits per heavy atom. The number of hydrogen-bond donors (Lipinski definition) is 1. The average molecular weight is 498 g/mol. The van der Waals surface area contributed by atoms with Crippen molar-refractivity contribution in [3.8, 4) is 0 Å². The molecular formula is C27H35N3O2S2. The second-order valence-electron chi connectivity index (χ2n) is 9.16. The Balaban J connectivity index is 1.81. The number of nitrogens with one attached hydrogen (secondary N) is 1. The Hall–Kier alpha value is -2.22. The zero-order chi connectivity index (χ0) is 24.2. The Labute approximate surface area is 211 Å². The summed E-state index contributed by atoms with van der Waals surface area (Å²) in [4.78, 5) is 33.7. The van der Waals surface area contributed by atoms with Crippen LogP contribution in [0.3, 0.4) is 0 Å². The maximum atomic E-state index is 14.1. The molecule has 5 nitrogen and oxygen atoms in total. The second kappa shape index (κ2) is 11.0. The molecule has 182 valence electrons. The number of fused-ring (bicyclic) bond motifs is 1. The van der Waals surface area contributed by atoms with Crippen molar-refractivity contribution in [2.75, 3.05) is 19.6 Å². The Bertz CT molecular complexity index is 1070. The molecule has 1 N–H and O–H groups in total. The van der Waals surface area contributed by atoms with E-state index in [1.807, 2.05) is 44.8 Å². The fourth-order valence-corrected chi connectivity index (χ4v) is 6.14. The smallest absolute Gasteiger partial charge is 0.261 e. The van der Waals surface area contributed by atoms with Crippen molar-refractivity contribution in [3.05, 3.63) is 55.9 Å². The van der Waals surface area contributed by atoms with E-state index >= 15 is 0 Å². The number of amides is 2. The lowest BCUT2D eigenvalue weighted by Gasteiger charge is -2.28. The molecule has 0 aliphatic carbocycles. The molecule has 2 amide bonds. The van der Waals surface area contributed by atoms with Crippen LogP contribution in [0.25, 0.3) is 11.4 Å². The van der Waals surface area contributed by atoms with Gasteiger partial charge in [-0.2, -0.15) is 0 Å². The monoisotopic (exact) mass is 497 g/mol. The van der Waals surface area contributed by atoms with Gasteiger partial charge in [0, 0.05) is 19.1 Å². The van der Waals surface area contributed by atoms with E-state index < -0.39 is 0 Å². The minimum atomic E-state index is -0.0439. The zero-order valence-electron chi connectivity index (χ0n) is 20.6. The third-order valence-corrected chi connectivity index (χ3v) is 8.49. The summed E-state index contributed by atoms with van der Waals surface area (Å²) < 4.78 is 0. The van der Waals surface area contributed by atoms with Crippen molar-refractivity contribution in [3.63, 3.8) is 0 Å². The number of thiophene rings is 2. The van der Waals surface area contributed by atoms with Gasteiger partial charge in [-0.1, -0.05) is 52.7 Å². The van der Waals surface area contributed by atoms with Crippen LogP contribution in [0.5, 0.6) is 0 Å². The van der Waals surface area contributed by atoms with Gasteiger partial charge in [-0.15, -0.1) is 22.7 Å². The maximum Gasteiger partial charge on any atom is 0.261 e. The molecule has 0 spiro atoms. The molecule has 4 heterocycles. The van der Waals surface area contributed by atoms with Gasteiger partial charge in [-0.25, -0.2) is 0 Å². The summed E-state index contributed by atoms with van der Waals surface area (Å²) >= 11 is 3.18. The molecule has 0 fully saturated rings. The summed E-state index contributed by atoms with van der Waals surface area (Å²) in [5.41, 5.74) is 2.76. The molecule has 0 saturated heterocycles. The van der Waals surface area contributed by atoms with E-state index in [1.54, 1.807) is 22.7 Å². The van der Waals surface area contributed by atoms with Crippen LogP contribution in [0.1, 0.15) is 63.1 Å². The quantitative estimate of drug-likeness (QED) is 0.375. The number of nitrogens with zero attached hydrogens (tertiary/aromatic N) is 2. The molecule has 0 aromatic carbocycles. The molecule has 2 aliphatic rings. The maximum absolute atomic E-state index is 14.1. The first-order chi connectivity index (χ1) is 16.5. The van der Waals surface area contributed by atoms with E-state index in [1.165, 1.54) is 0 Å². The molecule has 2 aromatic rings. The highest BCUT2D eigenvalue weighted by Crippen LogP contribution is 2.48. The predicted molar refractivity (Wildman–Crippen MR) is 142 cm³/mol. The van der Waals surface area contributed by atoms with Crippen molar-refractivity contribution in [1.82, 2.24) is 15.1 Å². The normalized spacial score (nSPS) is 17.9. The number of carbonyl (C=O) groups excluding carboxylic acids is 2. The number of unbranched alkanes of at least 4 members (excludes halogenated alkanes) is 1.